The van der Waals surface area contributed by atoms with Crippen molar-refractivity contribution < 1.29 is 0 Å². The molecule has 1 nitrogen and oxygen atoms in total. The fraction of sp³-hybridized carbons (Fsp3) is 0.417. The normalized spacial score (nSPS) is 10.3. The Morgan fingerprint density at radius 3 is 2.53 bits per heavy atom. The molecule has 0 amide bonds. The number of nitrogens with two attached hydrogens (primary N) is 1. The smallest absolute Gasteiger partial charge is 0.0727 e. The Bertz CT molecular complexity index is 374. The Morgan fingerprint density at radius 1 is 1.33 bits per heavy atom. The monoisotopic (exact) mass is 241 g/mol. The van der Waals surface area contributed by atoms with Crippen LogP contribution in [0.3, 0.4) is 0 Å². The van der Waals surface area contributed by atoms with Crippen molar-refractivity contribution in [2.45, 2.75) is 33.1 Å². The van der Waals surface area contributed by atoms with E-state index in [2.05, 4.69) is 19.9 Å². The third-order valence-corrected chi connectivity index (χ3v) is 3.09. The van der Waals surface area contributed by atoms with Gasteiger partial charge in [-0.1, -0.05) is 29.9 Å². The molecule has 0 aliphatic carbocycles. The molecule has 0 fully saturated rings. The van der Waals surface area contributed by atoms with E-state index >= 15 is 0 Å². The van der Waals surface area contributed by atoms with Gasteiger partial charge in [0.15, 0.2) is 0 Å². The number of benzene rings is 1. The van der Waals surface area contributed by atoms with Crippen molar-refractivity contribution in [1.29, 1.82) is 0 Å². The Balaban J connectivity index is 2.69. The average Bonchev–Trinajstić information content (AvgIpc) is 2.13. The predicted molar refractivity (Wildman–Crippen MR) is 70.6 cm³/mol. The molecule has 0 spiro atoms. The second kappa shape index (κ2) is 5.47. The standard InChI is InChI=1S/C12H16ClNS/c1-8-6-10(4-3-5-12(14)15)11(13)7-9(8)2/h6-7H,3-5H2,1-2H3,(H2,14,15). The van der Waals surface area contributed by atoms with Crippen LogP contribution < -0.4 is 5.73 Å². The third-order valence-electron chi connectivity index (χ3n) is 2.53. The maximum atomic E-state index is 6.15. The highest BCUT2D eigenvalue weighted by atomic mass is 35.5. The molecule has 0 atom stereocenters. The maximum absolute atomic E-state index is 6.15. The Morgan fingerprint density at radius 2 is 1.93 bits per heavy atom. The fourth-order valence-electron chi connectivity index (χ4n) is 1.49. The van der Waals surface area contributed by atoms with E-state index in [0.717, 1.165) is 24.3 Å². The first kappa shape index (κ1) is 12.5. The van der Waals surface area contributed by atoms with Crippen LogP contribution in [0.4, 0.5) is 0 Å². The molecule has 82 valence electrons. The fourth-order valence-corrected chi connectivity index (χ4v) is 1.94. The minimum atomic E-state index is 0.579. The third kappa shape index (κ3) is 3.80. The average molecular weight is 242 g/mol. The van der Waals surface area contributed by atoms with Crippen LogP contribution in [0.5, 0.6) is 0 Å². The molecule has 15 heavy (non-hydrogen) atoms. The van der Waals surface area contributed by atoms with Gasteiger partial charge in [-0.3, -0.25) is 0 Å². The summed E-state index contributed by atoms with van der Waals surface area (Å²) in [4.78, 5) is 0.579. The number of hydrogen-bond acceptors (Lipinski definition) is 1. The lowest BCUT2D eigenvalue weighted by atomic mass is 10.0. The highest BCUT2D eigenvalue weighted by molar-refractivity contribution is 7.80. The largest absolute Gasteiger partial charge is 0.393 e. The van der Waals surface area contributed by atoms with Crippen molar-refractivity contribution in [2.75, 3.05) is 0 Å². The van der Waals surface area contributed by atoms with Gasteiger partial charge < -0.3 is 5.73 Å². The summed E-state index contributed by atoms with van der Waals surface area (Å²) in [5.74, 6) is 0. The first-order valence-electron chi connectivity index (χ1n) is 5.04. The van der Waals surface area contributed by atoms with Gasteiger partial charge in [-0.2, -0.15) is 0 Å². The summed E-state index contributed by atoms with van der Waals surface area (Å²) < 4.78 is 0. The van der Waals surface area contributed by atoms with E-state index in [-0.39, 0.29) is 0 Å². The minimum Gasteiger partial charge on any atom is -0.393 e. The molecule has 0 radical (unpaired) electrons. The van der Waals surface area contributed by atoms with E-state index < -0.39 is 0 Å². The summed E-state index contributed by atoms with van der Waals surface area (Å²) in [6, 6.07) is 4.17. The molecule has 0 aliphatic heterocycles. The number of halogens is 1. The lowest BCUT2D eigenvalue weighted by Gasteiger charge is -2.08. The number of hydrogen-bond donors (Lipinski definition) is 1. The predicted octanol–water partition coefficient (Wildman–Crippen LogP) is 3.57. The van der Waals surface area contributed by atoms with Crippen molar-refractivity contribution in [3.63, 3.8) is 0 Å². The van der Waals surface area contributed by atoms with Gasteiger partial charge in [0.2, 0.25) is 0 Å². The lowest BCUT2D eigenvalue weighted by molar-refractivity contribution is 0.866. The summed E-state index contributed by atoms with van der Waals surface area (Å²) in [5, 5.41) is 0.848. The highest BCUT2D eigenvalue weighted by Crippen LogP contribution is 2.22. The molecule has 0 saturated carbocycles. The van der Waals surface area contributed by atoms with Crippen LogP contribution in [0, 0.1) is 13.8 Å². The molecule has 0 aromatic heterocycles. The van der Waals surface area contributed by atoms with Gasteiger partial charge in [0.1, 0.15) is 0 Å². The van der Waals surface area contributed by atoms with Crippen molar-refractivity contribution in [2.24, 2.45) is 5.73 Å². The highest BCUT2D eigenvalue weighted by Gasteiger charge is 2.03. The van der Waals surface area contributed by atoms with Gasteiger partial charge >= 0.3 is 0 Å². The Kier molecular flexibility index (Phi) is 4.55. The van der Waals surface area contributed by atoms with Gasteiger partial charge in [0, 0.05) is 5.02 Å². The zero-order valence-electron chi connectivity index (χ0n) is 9.14. The second-order valence-corrected chi connectivity index (χ2v) is 4.78. The molecule has 0 unspecified atom stereocenters. The lowest BCUT2D eigenvalue weighted by Crippen LogP contribution is -2.07. The minimum absolute atomic E-state index is 0.579. The van der Waals surface area contributed by atoms with Gasteiger partial charge in [0.05, 0.1) is 4.99 Å². The summed E-state index contributed by atoms with van der Waals surface area (Å²) >= 11 is 11.0. The summed E-state index contributed by atoms with van der Waals surface area (Å²) in [6.07, 6.45) is 2.70. The van der Waals surface area contributed by atoms with Crippen LogP contribution in [0.2, 0.25) is 5.02 Å². The molecule has 2 N–H and O–H groups in total. The van der Waals surface area contributed by atoms with E-state index in [1.54, 1.807) is 0 Å². The van der Waals surface area contributed by atoms with E-state index in [1.807, 2.05) is 6.07 Å². The Hall–Kier alpha value is -0.600. The van der Waals surface area contributed by atoms with Gasteiger partial charge in [0.25, 0.3) is 0 Å². The molecule has 0 aliphatic rings. The van der Waals surface area contributed by atoms with Crippen LogP contribution >= 0.6 is 23.8 Å². The van der Waals surface area contributed by atoms with Crippen molar-refractivity contribution in [3.8, 4) is 0 Å². The van der Waals surface area contributed by atoms with Crippen LogP contribution in [-0.4, -0.2) is 4.99 Å². The molecule has 0 heterocycles. The zero-order chi connectivity index (χ0) is 11.4. The molecule has 1 aromatic carbocycles. The quantitative estimate of drug-likeness (QED) is 0.816. The summed E-state index contributed by atoms with van der Waals surface area (Å²) in [6.45, 7) is 4.17. The van der Waals surface area contributed by atoms with E-state index in [0.29, 0.717) is 4.99 Å². The van der Waals surface area contributed by atoms with Crippen LogP contribution in [-0.2, 0) is 6.42 Å². The topological polar surface area (TPSA) is 26.0 Å². The van der Waals surface area contributed by atoms with Gasteiger partial charge in [-0.05, 0) is 55.9 Å². The molecule has 0 bridgehead atoms. The first-order chi connectivity index (χ1) is 7.00. The zero-order valence-corrected chi connectivity index (χ0v) is 10.7. The molecule has 3 heteroatoms. The van der Waals surface area contributed by atoms with Crippen molar-refractivity contribution >= 4 is 28.8 Å². The van der Waals surface area contributed by atoms with Crippen LogP contribution in [0.15, 0.2) is 12.1 Å². The molecule has 0 saturated heterocycles. The van der Waals surface area contributed by atoms with Crippen LogP contribution in [0.1, 0.15) is 29.5 Å². The van der Waals surface area contributed by atoms with E-state index in [4.69, 9.17) is 29.6 Å². The van der Waals surface area contributed by atoms with Gasteiger partial charge in [-0.15, -0.1) is 0 Å². The maximum Gasteiger partial charge on any atom is 0.0727 e. The van der Waals surface area contributed by atoms with Crippen molar-refractivity contribution in [1.82, 2.24) is 0 Å². The summed E-state index contributed by atoms with van der Waals surface area (Å²) in [7, 11) is 0. The number of rotatable bonds is 4. The van der Waals surface area contributed by atoms with Crippen LogP contribution in [0.25, 0.3) is 0 Å². The molecular formula is C12H16ClNS. The van der Waals surface area contributed by atoms with E-state index in [1.165, 1.54) is 16.7 Å². The van der Waals surface area contributed by atoms with Gasteiger partial charge in [-0.25, -0.2) is 0 Å². The van der Waals surface area contributed by atoms with E-state index in [9.17, 15) is 0 Å². The molecular weight excluding hydrogens is 226 g/mol. The molecule has 1 aromatic rings. The SMILES string of the molecule is Cc1cc(Cl)c(CCCC(N)=S)cc1C. The second-order valence-electron chi connectivity index (χ2n) is 3.85. The first-order valence-corrected chi connectivity index (χ1v) is 5.83. The number of thiocarbonyl (C=S) groups is 1. The number of aryl methyl sites for hydroxylation is 3. The summed E-state index contributed by atoms with van der Waals surface area (Å²) in [5.41, 5.74) is 9.15. The molecule has 1 rings (SSSR count). The Labute approximate surface area is 102 Å². The van der Waals surface area contributed by atoms with Crippen molar-refractivity contribution in [3.05, 3.63) is 33.8 Å².